The number of hydrogen-bond donors (Lipinski definition) is 2. The Kier molecular flexibility index (Phi) is 7.89. The maximum Gasteiger partial charge on any atom is 0.339 e. The molecule has 0 saturated carbocycles. The van der Waals surface area contributed by atoms with Crippen LogP contribution in [-0.2, 0) is 30.8 Å². The van der Waals surface area contributed by atoms with Crippen LogP contribution in [0.5, 0.6) is 0 Å². The van der Waals surface area contributed by atoms with Gasteiger partial charge in [0.05, 0.1) is 17.6 Å². The lowest BCUT2D eigenvalue weighted by atomic mass is 10.1. The molecule has 31 heavy (non-hydrogen) atoms. The molecule has 2 N–H and O–H groups in total. The Labute approximate surface area is 180 Å². The average Bonchev–Trinajstić information content (AvgIpc) is 2.77. The van der Waals surface area contributed by atoms with Gasteiger partial charge in [0.2, 0.25) is 15.9 Å². The molecule has 0 aliphatic carbocycles. The normalized spacial score (nSPS) is 13.3. The molecule has 0 aromatic heterocycles. The monoisotopic (exact) mass is 448 g/mol. The first-order chi connectivity index (χ1) is 14.6. The average molecular weight is 448 g/mol. The highest BCUT2D eigenvalue weighted by Crippen LogP contribution is 2.22. The van der Waals surface area contributed by atoms with E-state index in [4.69, 9.17) is 0 Å². The smallest absolute Gasteiger partial charge is 0.339 e. The van der Waals surface area contributed by atoms with Crippen molar-refractivity contribution in [3.63, 3.8) is 0 Å². The van der Waals surface area contributed by atoms with Crippen LogP contribution in [0.1, 0.15) is 22.8 Å². The Hall–Kier alpha value is -3.24. The first-order valence-electron chi connectivity index (χ1n) is 9.32. The molecule has 2 rings (SSSR count). The lowest BCUT2D eigenvalue weighted by Crippen LogP contribution is -2.51. The predicted molar refractivity (Wildman–Crippen MR) is 112 cm³/mol. The zero-order chi connectivity index (χ0) is 23.2. The van der Waals surface area contributed by atoms with Crippen molar-refractivity contribution in [2.75, 3.05) is 14.2 Å². The molecular formula is C21H24N2O7S. The number of hydrogen-bond acceptors (Lipinski definition) is 6. The van der Waals surface area contributed by atoms with Crippen molar-refractivity contribution in [3.05, 3.63) is 65.7 Å². The van der Waals surface area contributed by atoms with Gasteiger partial charge in [0.1, 0.15) is 12.1 Å². The van der Waals surface area contributed by atoms with Gasteiger partial charge in [0, 0.05) is 13.5 Å². The van der Waals surface area contributed by atoms with Gasteiger partial charge in [0.15, 0.2) is 0 Å². The van der Waals surface area contributed by atoms with Gasteiger partial charge in [-0.2, -0.15) is 4.31 Å². The SMILES string of the molecule is COC(=O)c1ccccc1S(=O)(=O)N(C)[C@@H](C)C(=O)N[C@@H](Cc1ccccc1)C(=O)O. The Morgan fingerprint density at radius 3 is 2.23 bits per heavy atom. The quantitative estimate of drug-likeness (QED) is 0.553. The van der Waals surface area contributed by atoms with Crippen LogP contribution in [-0.4, -0.2) is 61.9 Å². The van der Waals surface area contributed by atoms with Crippen LogP contribution in [0, 0.1) is 0 Å². The molecule has 0 spiro atoms. The van der Waals surface area contributed by atoms with Crippen molar-refractivity contribution in [2.24, 2.45) is 0 Å². The van der Waals surface area contributed by atoms with E-state index in [2.05, 4.69) is 10.1 Å². The fraction of sp³-hybridized carbons (Fsp3) is 0.286. The number of esters is 1. The highest BCUT2D eigenvalue weighted by Gasteiger charge is 2.34. The third kappa shape index (κ3) is 5.68. The van der Waals surface area contributed by atoms with Gasteiger partial charge < -0.3 is 15.2 Å². The molecule has 0 heterocycles. The first kappa shape index (κ1) is 24.0. The molecule has 0 aliphatic heterocycles. The number of amides is 1. The van der Waals surface area contributed by atoms with E-state index in [1.165, 1.54) is 38.2 Å². The van der Waals surface area contributed by atoms with Gasteiger partial charge in [-0.3, -0.25) is 4.79 Å². The summed E-state index contributed by atoms with van der Waals surface area (Å²) in [6.45, 7) is 1.33. The van der Waals surface area contributed by atoms with E-state index in [-0.39, 0.29) is 16.9 Å². The van der Waals surface area contributed by atoms with Gasteiger partial charge in [0.25, 0.3) is 0 Å². The van der Waals surface area contributed by atoms with Crippen LogP contribution in [0.25, 0.3) is 0 Å². The maximum atomic E-state index is 13.1. The summed E-state index contributed by atoms with van der Waals surface area (Å²) in [4.78, 5) is 35.9. The van der Waals surface area contributed by atoms with Crippen molar-refractivity contribution in [3.8, 4) is 0 Å². The summed E-state index contributed by atoms with van der Waals surface area (Å²) in [7, 11) is -1.95. The summed E-state index contributed by atoms with van der Waals surface area (Å²) in [5, 5.41) is 11.8. The molecule has 2 aromatic rings. The van der Waals surface area contributed by atoms with E-state index in [0.29, 0.717) is 5.56 Å². The number of sulfonamides is 1. The Morgan fingerprint density at radius 1 is 1.06 bits per heavy atom. The number of carbonyl (C=O) groups excluding carboxylic acids is 2. The lowest BCUT2D eigenvalue weighted by Gasteiger charge is -2.26. The molecule has 2 aromatic carbocycles. The predicted octanol–water partition coefficient (Wildman–Crippen LogP) is 1.29. The maximum absolute atomic E-state index is 13.1. The number of carboxylic acids is 1. The molecule has 0 radical (unpaired) electrons. The lowest BCUT2D eigenvalue weighted by molar-refractivity contribution is -0.142. The molecule has 166 valence electrons. The summed E-state index contributed by atoms with van der Waals surface area (Å²) >= 11 is 0. The molecule has 0 saturated heterocycles. The van der Waals surface area contributed by atoms with Crippen LogP contribution in [0.2, 0.25) is 0 Å². The summed E-state index contributed by atoms with van der Waals surface area (Å²) in [6, 6.07) is 11.7. The number of benzene rings is 2. The van der Waals surface area contributed by atoms with Crippen LogP contribution in [0.3, 0.4) is 0 Å². The van der Waals surface area contributed by atoms with Gasteiger partial charge >= 0.3 is 11.9 Å². The van der Waals surface area contributed by atoms with E-state index < -0.39 is 40.0 Å². The summed E-state index contributed by atoms with van der Waals surface area (Å²) in [5.41, 5.74) is 0.535. The Bertz CT molecular complexity index is 1050. The first-order valence-corrected chi connectivity index (χ1v) is 10.8. The number of aliphatic carboxylic acids is 1. The minimum absolute atomic E-state index is 0.0380. The number of rotatable bonds is 9. The molecule has 0 unspecified atom stereocenters. The van der Waals surface area contributed by atoms with Gasteiger partial charge in [-0.15, -0.1) is 0 Å². The van der Waals surface area contributed by atoms with Gasteiger partial charge in [-0.25, -0.2) is 18.0 Å². The second kappa shape index (κ2) is 10.2. The van der Waals surface area contributed by atoms with Crippen molar-refractivity contribution in [1.29, 1.82) is 0 Å². The van der Waals surface area contributed by atoms with Crippen LogP contribution < -0.4 is 5.32 Å². The largest absolute Gasteiger partial charge is 0.480 e. The zero-order valence-electron chi connectivity index (χ0n) is 17.3. The van der Waals surface area contributed by atoms with Gasteiger partial charge in [-0.1, -0.05) is 42.5 Å². The topological polar surface area (TPSA) is 130 Å². The number of ether oxygens (including phenoxy) is 1. The molecular weight excluding hydrogens is 424 g/mol. The molecule has 2 atom stereocenters. The Balaban J connectivity index is 2.23. The summed E-state index contributed by atoms with van der Waals surface area (Å²) < 4.78 is 31.5. The number of carboxylic acid groups (broad SMARTS) is 1. The van der Waals surface area contributed by atoms with E-state index in [1.807, 2.05) is 0 Å². The third-order valence-corrected chi connectivity index (χ3v) is 6.76. The molecule has 9 nitrogen and oxygen atoms in total. The third-order valence-electron chi connectivity index (χ3n) is 4.77. The Morgan fingerprint density at radius 2 is 1.65 bits per heavy atom. The number of methoxy groups -OCH3 is 1. The fourth-order valence-corrected chi connectivity index (χ4v) is 4.34. The van der Waals surface area contributed by atoms with Crippen molar-refractivity contribution >= 4 is 27.9 Å². The number of likely N-dealkylation sites (N-methyl/N-ethyl adjacent to an activating group) is 1. The van der Waals surface area contributed by atoms with E-state index in [1.54, 1.807) is 30.3 Å². The molecule has 1 amide bonds. The number of carbonyl (C=O) groups is 3. The van der Waals surface area contributed by atoms with E-state index in [9.17, 15) is 27.9 Å². The molecule has 0 aliphatic rings. The van der Waals surface area contributed by atoms with E-state index >= 15 is 0 Å². The second-order valence-corrected chi connectivity index (χ2v) is 8.74. The van der Waals surface area contributed by atoms with Crippen LogP contribution in [0.15, 0.2) is 59.5 Å². The van der Waals surface area contributed by atoms with Crippen molar-refractivity contribution < 1.29 is 32.6 Å². The van der Waals surface area contributed by atoms with E-state index in [0.717, 1.165) is 11.4 Å². The standard InChI is InChI=1S/C21H24N2O7S/c1-14(19(24)22-17(20(25)26)13-15-9-5-4-6-10-15)23(2)31(28,29)18-12-8-7-11-16(18)21(27)30-3/h4-12,14,17H,13H2,1-3H3,(H,22,24)(H,25,26)/t14-,17-/m0/s1. The molecule has 0 bridgehead atoms. The molecule has 10 heteroatoms. The van der Waals surface area contributed by atoms with Crippen molar-refractivity contribution in [1.82, 2.24) is 9.62 Å². The highest BCUT2D eigenvalue weighted by atomic mass is 32.2. The highest BCUT2D eigenvalue weighted by molar-refractivity contribution is 7.89. The summed E-state index contributed by atoms with van der Waals surface area (Å²) in [6.07, 6.45) is 0.0380. The van der Waals surface area contributed by atoms with Crippen molar-refractivity contribution in [2.45, 2.75) is 30.3 Å². The van der Waals surface area contributed by atoms with Gasteiger partial charge in [-0.05, 0) is 24.6 Å². The minimum Gasteiger partial charge on any atom is -0.480 e. The zero-order valence-corrected chi connectivity index (χ0v) is 18.1. The fourth-order valence-electron chi connectivity index (χ4n) is 2.84. The number of nitrogens with one attached hydrogen (secondary N) is 1. The number of nitrogens with zero attached hydrogens (tertiary/aromatic N) is 1. The van der Waals surface area contributed by atoms with Crippen LogP contribution in [0.4, 0.5) is 0 Å². The van der Waals surface area contributed by atoms with Crippen LogP contribution >= 0.6 is 0 Å². The molecule has 0 fully saturated rings. The summed E-state index contributed by atoms with van der Waals surface area (Å²) in [5.74, 6) is -2.87. The second-order valence-electron chi connectivity index (χ2n) is 6.77. The minimum atomic E-state index is -4.26.